The molecule has 0 aromatic heterocycles. The van der Waals surface area contributed by atoms with Crippen LogP contribution in [0, 0.1) is 18.6 Å². The first kappa shape index (κ1) is 14.1. The van der Waals surface area contributed by atoms with Gasteiger partial charge in [-0.15, -0.1) is 0 Å². The van der Waals surface area contributed by atoms with Gasteiger partial charge in [-0.2, -0.15) is 0 Å². The molecule has 2 N–H and O–H groups in total. The van der Waals surface area contributed by atoms with Crippen LogP contribution in [0.1, 0.15) is 56.2 Å². The zero-order chi connectivity index (χ0) is 12.8. The maximum absolute atomic E-state index is 13.6. The van der Waals surface area contributed by atoms with Gasteiger partial charge < -0.3 is 5.73 Å². The molecule has 3 heteroatoms. The highest BCUT2D eigenvalue weighted by molar-refractivity contribution is 5.27. The summed E-state index contributed by atoms with van der Waals surface area (Å²) in [6, 6.07) is 2.05. The molecule has 96 valence electrons. The third kappa shape index (κ3) is 4.08. The molecule has 0 saturated heterocycles. The quantitative estimate of drug-likeness (QED) is 0.740. The molecule has 0 radical (unpaired) electrons. The van der Waals surface area contributed by atoms with Crippen LogP contribution >= 0.6 is 0 Å². The van der Waals surface area contributed by atoms with Gasteiger partial charge in [0.05, 0.1) is 0 Å². The summed E-state index contributed by atoms with van der Waals surface area (Å²) in [5.41, 5.74) is 6.51. The van der Waals surface area contributed by atoms with Gasteiger partial charge in [0.2, 0.25) is 0 Å². The molecule has 0 bridgehead atoms. The molecule has 0 heterocycles. The minimum Gasteiger partial charge on any atom is -0.324 e. The summed E-state index contributed by atoms with van der Waals surface area (Å²) < 4.78 is 26.9. The first-order valence-electron chi connectivity index (χ1n) is 6.27. The Labute approximate surface area is 102 Å². The van der Waals surface area contributed by atoms with Crippen LogP contribution in [0.25, 0.3) is 0 Å². The van der Waals surface area contributed by atoms with Gasteiger partial charge in [-0.3, -0.25) is 0 Å². The van der Waals surface area contributed by atoms with Crippen LogP contribution in [0.2, 0.25) is 0 Å². The molecular weight excluding hydrogens is 220 g/mol. The highest BCUT2D eigenvalue weighted by atomic mass is 19.1. The van der Waals surface area contributed by atoms with Crippen LogP contribution in [0.3, 0.4) is 0 Å². The highest BCUT2D eigenvalue weighted by Gasteiger charge is 2.13. The van der Waals surface area contributed by atoms with E-state index in [4.69, 9.17) is 5.73 Å². The average molecular weight is 241 g/mol. The minimum atomic E-state index is -0.401. The van der Waals surface area contributed by atoms with E-state index in [0.29, 0.717) is 17.5 Å². The fraction of sp³-hybridized carbons (Fsp3) is 0.571. The zero-order valence-corrected chi connectivity index (χ0v) is 10.6. The molecule has 1 unspecified atom stereocenters. The van der Waals surface area contributed by atoms with Crippen molar-refractivity contribution in [2.75, 3.05) is 0 Å². The molecule has 17 heavy (non-hydrogen) atoms. The summed E-state index contributed by atoms with van der Waals surface area (Å²) in [7, 11) is 0. The number of nitrogens with two attached hydrogens (primary N) is 1. The van der Waals surface area contributed by atoms with E-state index in [9.17, 15) is 8.78 Å². The highest BCUT2D eigenvalue weighted by Crippen LogP contribution is 2.23. The second kappa shape index (κ2) is 6.70. The van der Waals surface area contributed by atoms with Gasteiger partial charge in [0, 0.05) is 11.6 Å². The lowest BCUT2D eigenvalue weighted by Crippen LogP contribution is -2.13. The fourth-order valence-electron chi connectivity index (χ4n) is 1.89. The Morgan fingerprint density at radius 2 is 1.82 bits per heavy atom. The van der Waals surface area contributed by atoms with E-state index < -0.39 is 11.9 Å². The lowest BCUT2D eigenvalue weighted by atomic mass is 9.99. The molecule has 0 aliphatic rings. The smallest absolute Gasteiger partial charge is 0.128 e. The first-order valence-corrected chi connectivity index (χ1v) is 6.27. The summed E-state index contributed by atoms with van der Waals surface area (Å²) in [6.45, 7) is 3.68. The normalized spacial score (nSPS) is 12.8. The predicted molar refractivity (Wildman–Crippen MR) is 66.8 cm³/mol. The van der Waals surface area contributed by atoms with Crippen molar-refractivity contribution in [3.8, 4) is 0 Å². The first-order chi connectivity index (χ1) is 8.06. The third-order valence-corrected chi connectivity index (χ3v) is 3.05. The number of benzene rings is 1. The van der Waals surface area contributed by atoms with Gasteiger partial charge in [0.15, 0.2) is 0 Å². The summed E-state index contributed by atoms with van der Waals surface area (Å²) in [5.74, 6) is -0.780. The Bertz CT molecular complexity index is 363. The second-order valence-corrected chi connectivity index (χ2v) is 4.58. The SMILES string of the molecule is CCCCCCC(N)c1cc(F)c(C)cc1F. The van der Waals surface area contributed by atoms with E-state index in [1.165, 1.54) is 12.1 Å². The lowest BCUT2D eigenvalue weighted by molar-refractivity contribution is 0.521. The molecular formula is C14H21F2N. The summed E-state index contributed by atoms with van der Waals surface area (Å²) in [6.07, 6.45) is 5.09. The Hall–Kier alpha value is -0.960. The van der Waals surface area contributed by atoms with Crippen molar-refractivity contribution in [3.63, 3.8) is 0 Å². The Morgan fingerprint density at radius 1 is 1.12 bits per heavy atom. The summed E-state index contributed by atoms with van der Waals surface area (Å²) in [4.78, 5) is 0. The van der Waals surface area contributed by atoms with Crippen molar-refractivity contribution in [1.82, 2.24) is 0 Å². The van der Waals surface area contributed by atoms with Crippen LogP contribution < -0.4 is 5.73 Å². The molecule has 1 aromatic rings. The van der Waals surface area contributed by atoms with Crippen LogP contribution in [0.5, 0.6) is 0 Å². The topological polar surface area (TPSA) is 26.0 Å². The fourth-order valence-corrected chi connectivity index (χ4v) is 1.89. The van der Waals surface area contributed by atoms with Crippen LogP contribution in [-0.2, 0) is 0 Å². The molecule has 0 aliphatic heterocycles. The Morgan fingerprint density at radius 3 is 2.47 bits per heavy atom. The van der Waals surface area contributed by atoms with Gasteiger partial charge in [0.1, 0.15) is 11.6 Å². The molecule has 1 rings (SSSR count). The van der Waals surface area contributed by atoms with Crippen molar-refractivity contribution in [2.24, 2.45) is 5.73 Å². The Balaban J connectivity index is 2.62. The number of rotatable bonds is 6. The van der Waals surface area contributed by atoms with Crippen molar-refractivity contribution in [3.05, 3.63) is 34.9 Å². The molecule has 1 nitrogen and oxygen atoms in total. The maximum Gasteiger partial charge on any atom is 0.128 e. The van der Waals surface area contributed by atoms with Crippen LogP contribution in [0.15, 0.2) is 12.1 Å². The second-order valence-electron chi connectivity index (χ2n) is 4.58. The van der Waals surface area contributed by atoms with Gasteiger partial charge >= 0.3 is 0 Å². The standard InChI is InChI=1S/C14H21F2N/c1-3-4-5-6-7-14(17)11-9-12(15)10(2)8-13(11)16/h8-9,14H,3-7,17H2,1-2H3. The predicted octanol–water partition coefficient (Wildman–Crippen LogP) is 4.24. The van der Waals surface area contributed by atoms with Crippen molar-refractivity contribution in [2.45, 2.75) is 52.0 Å². The molecule has 0 spiro atoms. The van der Waals surface area contributed by atoms with Gasteiger partial charge in [-0.05, 0) is 31.0 Å². The van der Waals surface area contributed by atoms with Crippen LogP contribution in [0.4, 0.5) is 8.78 Å². The molecule has 0 fully saturated rings. The molecule has 1 aromatic carbocycles. The maximum atomic E-state index is 13.6. The summed E-state index contributed by atoms with van der Waals surface area (Å²) >= 11 is 0. The Kier molecular flexibility index (Phi) is 5.56. The van der Waals surface area contributed by atoms with E-state index in [2.05, 4.69) is 6.92 Å². The van der Waals surface area contributed by atoms with E-state index in [0.717, 1.165) is 25.7 Å². The van der Waals surface area contributed by atoms with E-state index in [1.54, 1.807) is 6.92 Å². The van der Waals surface area contributed by atoms with E-state index >= 15 is 0 Å². The minimum absolute atomic E-state index is 0.296. The van der Waals surface area contributed by atoms with E-state index in [1.807, 2.05) is 0 Å². The van der Waals surface area contributed by atoms with Crippen molar-refractivity contribution >= 4 is 0 Å². The number of halogens is 2. The molecule has 0 aliphatic carbocycles. The van der Waals surface area contributed by atoms with Gasteiger partial charge in [-0.25, -0.2) is 8.78 Å². The van der Waals surface area contributed by atoms with Crippen molar-refractivity contribution in [1.29, 1.82) is 0 Å². The monoisotopic (exact) mass is 241 g/mol. The van der Waals surface area contributed by atoms with E-state index in [-0.39, 0.29) is 5.82 Å². The van der Waals surface area contributed by atoms with Crippen molar-refractivity contribution < 1.29 is 8.78 Å². The number of hydrogen-bond donors (Lipinski definition) is 1. The lowest BCUT2D eigenvalue weighted by Gasteiger charge is -2.13. The molecule has 1 atom stereocenters. The largest absolute Gasteiger partial charge is 0.324 e. The van der Waals surface area contributed by atoms with Gasteiger partial charge in [0.25, 0.3) is 0 Å². The zero-order valence-electron chi connectivity index (χ0n) is 10.6. The average Bonchev–Trinajstić information content (AvgIpc) is 2.29. The third-order valence-electron chi connectivity index (χ3n) is 3.05. The van der Waals surface area contributed by atoms with Gasteiger partial charge in [-0.1, -0.05) is 32.6 Å². The number of aryl methyl sites for hydroxylation is 1. The molecule has 0 amide bonds. The number of hydrogen-bond acceptors (Lipinski definition) is 1. The number of unbranched alkanes of at least 4 members (excludes halogenated alkanes) is 3. The van der Waals surface area contributed by atoms with Crippen LogP contribution in [-0.4, -0.2) is 0 Å². The molecule has 0 saturated carbocycles. The summed E-state index contributed by atoms with van der Waals surface area (Å²) in [5, 5.41) is 0.